The smallest absolute Gasteiger partial charge is 0.306 e. The summed E-state index contributed by atoms with van der Waals surface area (Å²) < 4.78 is 16.6. The van der Waals surface area contributed by atoms with Gasteiger partial charge in [-0.1, -0.05) is 27.7 Å². The van der Waals surface area contributed by atoms with Gasteiger partial charge in [0.15, 0.2) is 5.76 Å². The molecule has 3 aliphatic carbocycles. The number of methoxy groups -OCH3 is 1. The zero-order valence-corrected chi connectivity index (χ0v) is 21.4. The number of ether oxygens (including phenoxy) is 3. The van der Waals surface area contributed by atoms with E-state index in [0.717, 1.165) is 0 Å². The molecule has 4 fully saturated rings. The van der Waals surface area contributed by atoms with E-state index in [0.29, 0.717) is 12.2 Å². The van der Waals surface area contributed by atoms with E-state index >= 15 is 0 Å². The summed E-state index contributed by atoms with van der Waals surface area (Å²) in [5, 5.41) is 11.8. The summed E-state index contributed by atoms with van der Waals surface area (Å²) in [5.41, 5.74) is -3.86. The van der Waals surface area contributed by atoms with Gasteiger partial charge < -0.3 is 19.3 Å². The molecule has 192 valence electrons. The van der Waals surface area contributed by atoms with E-state index in [1.807, 2.05) is 33.8 Å². The minimum atomic E-state index is -1.09. The average Bonchev–Trinajstić information content (AvgIpc) is 3.13. The molecule has 5 aliphatic rings. The van der Waals surface area contributed by atoms with Crippen LogP contribution in [0.25, 0.3) is 0 Å². The molecule has 10 atom stereocenters. The molecule has 8 nitrogen and oxygen atoms in total. The van der Waals surface area contributed by atoms with Crippen molar-refractivity contribution < 1.29 is 38.5 Å². The third-order valence-corrected chi connectivity index (χ3v) is 10.6. The molecule has 0 bridgehead atoms. The monoisotopic (exact) mass is 488 g/mol. The first kappa shape index (κ1) is 24.5. The molecule has 2 aliphatic heterocycles. The molecule has 0 spiro atoms. The zero-order chi connectivity index (χ0) is 25.7. The Morgan fingerprint density at radius 1 is 1.14 bits per heavy atom. The van der Waals surface area contributed by atoms with E-state index in [9.17, 15) is 24.3 Å². The number of ketones is 2. The van der Waals surface area contributed by atoms with Crippen molar-refractivity contribution in [3.63, 3.8) is 0 Å². The van der Waals surface area contributed by atoms with Crippen molar-refractivity contribution in [2.75, 3.05) is 13.7 Å². The van der Waals surface area contributed by atoms with E-state index in [4.69, 9.17) is 14.2 Å². The van der Waals surface area contributed by atoms with Crippen LogP contribution in [0.5, 0.6) is 0 Å². The Balaban J connectivity index is 1.66. The third kappa shape index (κ3) is 2.95. The maximum absolute atomic E-state index is 14.1. The van der Waals surface area contributed by atoms with E-state index < -0.39 is 51.7 Å². The van der Waals surface area contributed by atoms with Crippen LogP contribution in [-0.4, -0.2) is 54.5 Å². The number of carbonyl (C=O) groups excluding carboxylic acids is 4. The van der Waals surface area contributed by atoms with Crippen LogP contribution in [0.4, 0.5) is 0 Å². The molecule has 1 N–H and O–H groups in total. The van der Waals surface area contributed by atoms with Gasteiger partial charge in [0.05, 0.1) is 25.0 Å². The number of Topliss-reactive ketones (excluding diaryl/α,β-unsaturated/α-hetero) is 2. The predicted molar refractivity (Wildman–Crippen MR) is 122 cm³/mol. The van der Waals surface area contributed by atoms with Gasteiger partial charge >= 0.3 is 11.9 Å². The highest BCUT2D eigenvalue weighted by Crippen LogP contribution is 2.71. The first-order valence-corrected chi connectivity index (χ1v) is 12.6. The van der Waals surface area contributed by atoms with Crippen LogP contribution in [0.2, 0.25) is 0 Å². The number of hydrogen-bond acceptors (Lipinski definition) is 8. The number of cyclic esters (lactones) is 1. The van der Waals surface area contributed by atoms with Gasteiger partial charge in [0.25, 0.3) is 0 Å². The van der Waals surface area contributed by atoms with Crippen LogP contribution >= 0.6 is 0 Å². The quantitative estimate of drug-likeness (QED) is 0.603. The Morgan fingerprint density at radius 2 is 1.83 bits per heavy atom. The maximum Gasteiger partial charge on any atom is 0.306 e. The van der Waals surface area contributed by atoms with Gasteiger partial charge in [-0.05, 0) is 43.6 Å². The van der Waals surface area contributed by atoms with E-state index in [-0.39, 0.29) is 55.2 Å². The van der Waals surface area contributed by atoms with Crippen LogP contribution in [0, 0.1) is 45.3 Å². The Kier molecular flexibility index (Phi) is 5.18. The van der Waals surface area contributed by atoms with Crippen molar-refractivity contribution in [2.45, 2.75) is 72.5 Å². The fourth-order valence-corrected chi connectivity index (χ4v) is 9.11. The summed E-state index contributed by atoms with van der Waals surface area (Å²) in [6.45, 7) is 9.46. The van der Waals surface area contributed by atoms with Crippen molar-refractivity contribution in [2.24, 2.45) is 45.3 Å². The van der Waals surface area contributed by atoms with Crippen molar-refractivity contribution in [3.8, 4) is 0 Å². The number of fused-ring (bicyclic) bond motifs is 2. The molecule has 5 rings (SSSR count). The standard InChI is InChI=1S/C27H36O8/c1-13-7-16(33-6)22(31)26(4)14(13)8-18-27(5)17(9-19(29)35-18)25(3,10-15(28)21(26)27)23(32)24(2)11-20(30)34-12-24/h7,13-15,17-18,21,28H,8-12H2,1-6H3/t13-,14+,15-,17+,18-,21-,24?,25-,26+,27-/m1/s1. The van der Waals surface area contributed by atoms with Gasteiger partial charge in [0.1, 0.15) is 18.5 Å². The summed E-state index contributed by atoms with van der Waals surface area (Å²) in [5.74, 6) is -1.92. The first-order chi connectivity index (χ1) is 16.2. The molecule has 0 aromatic carbocycles. The Morgan fingerprint density at radius 3 is 2.43 bits per heavy atom. The van der Waals surface area contributed by atoms with Crippen molar-refractivity contribution in [1.29, 1.82) is 0 Å². The number of aliphatic hydroxyl groups is 1. The predicted octanol–water partition coefficient (Wildman–Crippen LogP) is 2.61. The number of rotatable bonds is 3. The van der Waals surface area contributed by atoms with Gasteiger partial charge in [-0.15, -0.1) is 0 Å². The molecule has 2 saturated carbocycles. The first-order valence-electron chi connectivity index (χ1n) is 12.6. The molecular weight excluding hydrogens is 452 g/mol. The molecule has 0 radical (unpaired) electrons. The molecule has 0 amide bonds. The Bertz CT molecular complexity index is 1050. The summed E-state index contributed by atoms with van der Waals surface area (Å²) in [4.78, 5) is 52.8. The number of carbonyl (C=O) groups is 4. The fraction of sp³-hybridized carbons (Fsp3) is 0.778. The zero-order valence-electron chi connectivity index (χ0n) is 21.4. The van der Waals surface area contributed by atoms with Crippen molar-refractivity contribution >= 4 is 23.5 Å². The van der Waals surface area contributed by atoms with Gasteiger partial charge in [-0.3, -0.25) is 19.2 Å². The number of allylic oxidation sites excluding steroid dienone is 2. The third-order valence-electron chi connectivity index (χ3n) is 10.6. The molecule has 2 heterocycles. The second kappa shape index (κ2) is 7.40. The molecule has 0 aromatic heterocycles. The van der Waals surface area contributed by atoms with Crippen LogP contribution < -0.4 is 0 Å². The summed E-state index contributed by atoms with van der Waals surface area (Å²) in [6, 6.07) is 0. The maximum atomic E-state index is 14.1. The highest BCUT2D eigenvalue weighted by molar-refractivity contribution is 6.00. The van der Waals surface area contributed by atoms with Crippen molar-refractivity contribution in [1.82, 2.24) is 0 Å². The SMILES string of the molecule is COC1=C[C@@H](C)[C@@H]2C[C@H]3OC(=O)C[C@@H]4[C@@]3(C)[C@H]([C@H](O)C[C@@]4(C)C(=O)C3(C)COC(=O)C3)[C@@]2(C)C1=O. The summed E-state index contributed by atoms with van der Waals surface area (Å²) in [6.07, 6.45) is 0.919. The number of aliphatic hydroxyl groups excluding tert-OH is 1. The molecule has 1 unspecified atom stereocenters. The van der Waals surface area contributed by atoms with E-state index in [2.05, 4.69) is 0 Å². The summed E-state index contributed by atoms with van der Waals surface area (Å²) >= 11 is 0. The van der Waals surface area contributed by atoms with Gasteiger partial charge in [-0.2, -0.15) is 0 Å². The minimum Gasteiger partial charge on any atom is -0.493 e. The van der Waals surface area contributed by atoms with Gasteiger partial charge in [0.2, 0.25) is 5.78 Å². The molecule has 35 heavy (non-hydrogen) atoms. The number of hydrogen-bond donors (Lipinski definition) is 1. The molecule has 0 aromatic rings. The lowest BCUT2D eigenvalue weighted by atomic mass is 9.35. The lowest BCUT2D eigenvalue weighted by Crippen LogP contribution is -2.73. The van der Waals surface area contributed by atoms with Crippen LogP contribution in [0.15, 0.2) is 11.8 Å². The Labute approximate surface area is 205 Å². The highest BCUT2D eigenvalue weighted by Gasteiger charge is 2.75. The van der Waals surface area contributed by atoms with Crippen molar-refractivity contribution in [3.05, 3.63) is 11.8 Å². The van der Waals surface area contributed by atoms with E-state index in [1.165, 1.54) is 7.11 Å². The van der Waals surface area contributed by atoms with Crippen LogP contribution in [0.3, 0.4) is 0 Å². The second-order valence-corrected chi connectivity index (χ2v) is 12.5. The average molecular weight is 489 g/mol. The fourth-order valence-electron chi connectivity index (χ4n) is 9.11. The summed E-state index contributed by atoms with van der Waals surface area (Å²) in [7, 11) is 1.48. The van der Waals surface area contributed by atoms with Gasteiger partial charge in [-0.25, -0.2) is 0 Å². The van der Waals surface area contributed by atoms with E-state index in [1.54, 1.807) is 6.92 Å². The second-order valence-electron chi connectivity index (χ2n) is 12.5. The topological polar surface area (TPSA) is 116 Å². The molecule has 8 heteroatoms. The minimum absolute atomic E-state index is 0.00509. The molecule has 2 saturated heterocycles. The number of esters is 2. The van der Waals surface area contributed by atoms with Crippen LogP contribution in [-0.2, 0) is 33.4 Å². The van der Waals surface area contributed by atoms with Crippen LogP contribution in [0.1, 0.15) is 60.3 Å². The lowest BCUT2D eigenvalue weighted by Gasteiger charge is -2.69. The lowest BCUT2D eigenvalue weighted by molar-refractivity contribution is -0.269. The normalized spacial score (nSPS) is 50.9. The largest absolute Gasteiger partial charge is 0.493 e. The molecular formula is C27H36O8. The Hall–Kier alpha value is -2.22. The van der Waals surface area contributed by atoms with Gasteiger partial charge in [0, 0.05) is 28.6 Å². The highest BCUT2D eigenvalue weighted by atomic mass is 16.5.